The molecule has 0 unspecified atom stereocenters. The van der Waals surface area contributed by atoms with Crippen LogP contribution in [0.1, 0.15) is 36.0 Å². The Bertz CT molecular complexity index is 1020. The first-order chi connectivity index (χ1) is 15.6. The smallest absolute Gasteiger partial charge is 0.317 e. The number of methoxy groups -OCH3 is 1. The van der Waals surface area contributed by atoms with Crippen molar-refractivity contribution in [3.8, 4) is 11.5 Å². The van der Waals surface area contributed by atoms with Crippen LogP contribution in [0.3, 0.4) is 0 Å². The van der Waals surface area contributed by atoms with E-state index < -0.39 is 0 Å². The molecule has 1 N–H and O–H groups in total. The standard InChI is InChI=1S/C23H25FN4O4/c1-30-19-6-2-16(3-7-19)14-25-23(29)28-12-10-17(11-13-28)22-26-21(32-27-22)15-31-20-8-4-18(24)5-9-20/h2-9,17H,10-15H2,1H3,(H,25,29). The molecule has 32 heavy (non-hydrogen) atoms. The summed E-state index contributed by atoms with van der Waals surface area (Å²) in [4.78, 5) is 18.7. The molecule has 4 rings (SSSR count). The van der Waals surface area contributed by atoms with E-state index in [1.54, 1.807) is 24.1 Å². The molecule has 168 valence electrons. The van der Waals surface area contributed by atoms with Gasteiger partial charge in [0.25, 0.3) is 5.89 Å². The summed E-state index contributed by atoms with van der Waals surface area (Å²) in [6.45, 7) is 1.82. The normalized spacial score (nSPS) is 14.2. The van der Waals surface area contributed by atoms with E-state index in [2.05, 4.69) is 15.5 Å². The van der Waals surface area contributed by atoms with Crippen molar-refractivity contribution in [1.29, 1.82) is 0 Å². The van der Waals surface area contributed by atoms with E-state index in [-0.39, 0.29) is 24.4 Å². The summed E-state index contributed by atoms with van der Waals surface area (Å²) in [6, 6.07) is 13.3. The minimum absolute atomic E-state index is 0.0826. The van der Waals surface area contributed by atoms with Crippen molar-refractivity contribution in [2.75, 3.05) is 20.2 Å². The first kappa shape index (κ1) is 21.6. The molecule has 1 fully saturated rings. The summed E-state index contributed by atoms with van der Waals surface area (Å²) >= 11 is 0. The molecule has 2 aromatic carbocycles. The van der Waals surface area contributed by atoms with Gasteiger partial charge in [-0.3, -0.25) is 0 Å². The van der Waals surface area contributed by atoms with Crippen LogP contribution in [0.5, 0.6) is 11.5 Å². The highest BCUT2D eigenvalue weighted by atomic mass is 19.1. The lowest BCUT2D eigenvalue weighted by Gasteiger charge is -2.30. The highest BCUT2D eigenvalue weighted by Crippen LogP contribution is 2.26. The molecular weight excluding hydrogens is 415 g/mol. The Morgan fingerprint density at radius 3 is 2.50 bits per heavy atom. The van der Waals surface area contributed by atoms with E-state index in [9.17, 15) is 9.18 Å². The molecule has 0 saturated carbocycles. The third kappa shape index (κ3) is 5.54. The van der Waals surface area contributed by atoms with Gasteiger partial charge in [-0.15, -0.1) is 0 Å². The van der Waals surface area contributed by atoms with Crippen molar-refractivity contribution in [2.24, 2.45) is 0 Å². The molecular formula is C23H25FN4O4. The average molecular weight is 440 g/mol. The molecule has 1 saturated heterocycles. The van der Waals surface area contributed by atoms with Crippen LogP contribution < -0.4 is 14.8 Å². The maximum Gasteiger partial charge on any atom is 0.317 e. The molecule has 0 bridgehead atoms. The molecule has 1 aliphatic rings. The Labute approximate surface area is 185 Å². The number of likely N-dealkylation sites (tertiary alicyclic amines) is 1. The lowest BCUT2D eigenvalue weighted by Crippen LogP contribution is -2.43. The van der Waals surface area contributed by atoms with Gasteiger partial charge in [0.2, 0.25) is 0 Å². The summed E-state index contributed by atoms with van der Waals surface area (Å²) in [5, 5.41) is 7.03. The first-order valence-corrected chi connectivity index (χ1v) is 10.5. The number of carbonyl (C=O) groups excluding carboxylic acids is 1. The zero-order valence-electron chi connectivity index (χ0n) is 17.8. The lowest BCUT2D eigenvalue weighted by atomic mass is 9.96. The fraction of sp³-hybridized carbons (Fsp3) is 0.348. The van der Waals surface area contributed by atoms with Gasteiger partial charge in [0, 0.05) is 25.6 Å². The fourth-order valence-corrected chi connectivity index (χ4v) is 3.54. The van der Waals surface area contributed by atoms with Crippen LogP contribution in [0.25, 0.3) is 0 Å². The van der Waals surface area contributed by atoms with Gasteiger partial charge in [0.05, 0.1) is 7.11 Å². The molecule has 2 heterocycles. The second-order valence-corrected chi connectivity index (χ2v) is 7.56. The maximum atomic E-state index is 13.0. The predicted molar refractivity (Wildman–Crippen MR) is 114 cm³/mol. The van der Waals surface area contributed by atoms with E-state index in [0.29, 0.717) is 37.1 Å². The monoisotopic (exact) mass is 440 g/mol. The molecule has 2 amide bonds. The Morgan fingerprint density at radius 2 is 1.81 bits per heavy atom. The molecule has 1 aromatic heterocycles. The number of hydrogen-bond donors (Lipinski definition) is 1. The third-order valence-corrected chi connectivity index (χ3v) is 5.41. The quantitative estimate of drug-likeness (QED) is 0.600. The highest BCUT2D eigenvalue weighted by molar-refractivity contribution is 5.74. The van der Waals surface area contributed by atoms with Gasteiger partial charge < -0.3 is 24.2 Å². The van der Waals surface area contributed by atoms with E-state index in [0.717, 1.165) is 24.2 Å². The largest absolute Gasteiger partial charge is 0.497 e. The number of urea groups is 1. The van der Waals surface area contributed by atoms with E-state index >= 15 is 0 Å². The number of ether oxygens (including phenoxy) is 2. The number of carbonyl (C=O) groups is 1. The second kappa shape index (κ2) is 10.1. The average Bonchev–Trinajstić information content (AvgIpc) is 3.32. The molecule has 8 nitrogen and oxygen atoms in total. The minimum Gasteiger partial charge on any atom is -0.497 e. The maximum absolute atomic E-state index is 13.0. The molecule has 0 radical (unpaired) electrons. The number of halogens is 1. The Morgan fingerprint density at radius 1 is 1.12 bits per heavy atom. The van der Waals surface area contributed by atoms with Gasteiger partial charge >= 0.3 is 6.03 Å². The number of amides is 2. The number of piperidine rings is 1. The molecule has 0 spiro atoms. The number of aromatic nitrogens is 2. The lowest BCUT2D eigenvalue weighted by molar-refractivity contribution is 0.179. The van der Waals surface area contributed by atoms with Crippen LogP contribution >= 0.6 is 0 Å². The van der Waals surface area contributed by atoms with Crippen molar-refractivity contribution in [3.05, 3.63) is 71.6 Å². The number of hydrogen-bond acceptors (Lipinski definition) is 6. The van der Waals surface area contributed by atoms with Gasteiger partial charge in [-0.2, -0.15) is 4.98 Å². The molecule has 9 heteroatoms. The molecule has 3 aromatic rings. The summed E-state index contributed by atoms with van der Waals surface area (Å²) in [5.74, 6) is 2.11. The Kier molecular flexibility index (Phi) is 6.84. The van der Waals surface area contributed by atoms with Crippen LogP contribution in [0.2, 0.25) is 0 Å². The van der Waals surface area contributed by atoms with Crippen LogP contribution in [0.15, 0.2) is 53.1 Å². The fourth-order valence-electron chi connectivity index (χ4n) is 3.54. The molecule has 1 aliphatic heterocycles. The number of rotatable bonds is 7. The van der Waals surface area contributed by atoms with Gasteiger partial charge in [-0.1, -0.05) is 17.3 Å². The Hall–Kier alpha value is -3.62. The van der Waals surface area contributed by atoms with Gasteiger partial charge in [-0.25, -0.2) is 9.18 Å². The predicted octanol–water partition coefficient (Wildman–Crippen LogP) is 3.89. The van der Waals surface area contributed by atoms with Crippen LogP contribution in [-0.4, -0.2) is 41.3 Å². The topological polar surface area (TPSA) is 89.7 Å². The van der Waals surface area contributed by atoms with Gasteiger partial charge in [0.15, 0.2) is 12.4 Å². The van der Waals surface area contributed by atoms with Crippen molar-refractivity contribution in [3.63, 3.8) is 0 Å². The zero-order chi connectivity index (χ0) is 22.3. The van der Waals surface area contributed by atoms with Crippen molar-refractivity contribution in [1.82, 2.24) is 20.4 Å². The van der Waals surface area contributed by atoms with Crippen LogP contribution in [0, 0.1) is 5.82 Å². The van der Waals surface area contributed by atoms with Crippen LogP contribution in [-0.2, 0) is 13.2 Å². The molecule has 0 aliphatic carbocycles. The van der Waals surface area contributed by atoms with Crippen molar-refractivity contribution in [2.45, 2.75) is 31.9 Å². The Balaban J connectivity index is 1.21. The van der Waals surface area contributed by atoms with Gasteiger partial charge in [-0.05, 0) is 54.8 Å². The number of benzene rings is 2. The van der Waals surface area contributed by atoms with E-state index in [1.165, 1.54) is 12.1 Å². The van der Waals surface area contributed by atoms with Crippen molar-refractivity contribution < 1.29 is 23.2 Å². The van der Waals surface area contributed by atoms with Gasteiger partial charge in [0.1, 0.15) is 17.3 Å². The number of nitrogens with zero attached hydrogens (tertiary/aromatic N) is 3. The second-order valence-electron chi connectivity index (χ2n) is 7.56. The van der Waals surface area contributed by atoms with Crippen molar-refractivity contribution >= 4 is 6.03 Å². The first-order valence-electron chi connectivity index (χ1n) is 10.5. The van der Waals surface area contributed by atoms with E-state index in [4.69, 9.17) is 14.0 Å². The third-order valence-electron chi connectivity index (χ3n) is 5.41. The minimum atomic E-state index is -0.321. The molecule has 0 atom stereocenters. The van der Waals surface area contributed by atoms with E-state index in [1.807, 2.05) is 24.3 Å². The SMILES string of the molecule is COc1ccc(CNC(=O)N2CCC(c3noc(COc4ccc(F)cc4)n3)CC2)cc1. The summed E-state index contributed by atoms with van der Waals surface area (Å²) < 4.78 is 28.9. The van der Waals surface area contributed by atoms with Crippen LogP contribution in [0.4, 0.5) is 9.18 Å². The summed E-state index contributed by atoms with van der Waals surface area (Å²) in [6.07, 6.45) is 1.52. The summed E-state index contributed by atoms with van der Waals surface area (Å²) in [7, 11) is 1.62. The zero-order valence-corrected chi connectivity index (χ0v) is 17.8. The summed E-state index contributed by atoms with van der Waals surface area (Å²) in [5.41, 5.74) is 1.01. The number of nitrogens with one attached hydrogen (secondary N) is 1. The highest BCUT2D eigenvalue weighted by Gasteiger charge is 2.27.